The van der Waals surface area contributed by atoms with Crippen molar-refractivity contribution in [1.82, 2.24) is 5.32 Å². The summed E-state index contributed by atoms with van der Waals surface area (Å²) < 4.78 is 0. The molecule has 25 heavy (non-hydrogen) atoms. The van der Waals surface area contributed by atoms with Crippen molar-refractivity contribution < 1.29 is 15.0 Å². The Morgan fingerprint density at radius 2 is 1.72 bits per heavy atom. The molecule has 0 spiro atoms. The van der Waals surface area contributed by atoms with E-state index in [1.165, 1.54) is 17.2 Å². The van der Waals surface area contributed by atoms with Gasteiger partial charge in [0, 0.05) is 16.7 Å². The number of benzene rings is 2. The molecule has 0 amide bonds. The van der Waals surface area contributed by atoms with Crippen molar-refractivity contribution in [1.29, 1.82) is 0 Å². The Balaban J connectivity index is 0.00000312. The third-order valence-corrected chi connectivity index (χ3v) is 4.33. The van der Waals surface area contributed by atoms with Crippen molar-refractivity contribution in [3.63, 3.8) is 0 Å². The smallest absolute Gasteiger partial charge is 0.177 e. The van der Waals surface area contributed by atoms with Gasteiger partial charge >= 0.3 is 0 Å². The highest BCUT2D eigenvalue weighted by molar-refractivity contribution is 5.99. The van der Waals surface area contributed by atoms with Crippen LogP contribution in [0.1, 0.15) is 40.9 Å². The number of hydrogen-bond donors (Lipinski definition) is 3. The number of ketones is 1. The Kier molecular flexibility index (Phi) is 7.03. The molecule has 0 bridgehead atoms. The molecule has 0 aliphatic heterocycles. The summed E-state index contributed by atoms with van der Waals surface area (Å²) in [6, 6.07) is 11.1. The minimum atomic E-state index is -0.241. The number of hydrogen-bond acceptors (Lipinski definition) is 4. The van der Waals surface area contributed by atoms with Crippen LogP contribution in [0.25, 0.3) is 0 Å². The second kappa shape index (κ2) is 8.37. The van der Waals surface area contributed by atoms with Crippen LogP contribution in [0.5, 0.6) is 11.5 Å². The van der Waals surface area contributed by atoms with Crippen molar-refractivity contribution >= 4 is 18.2 Å². The first-order valence-electron chi connectivity index (χ1n) is 8.05. The molecule has 0 saturated heterocycles. The third-order valence-electron chi connectivity index (χ3n) is 4.33. The molecule has 5 heteroatoms. The van der Waals surface area contributed by atoms with Gasteiger partial charge in [-0.2, -0.15) is 0 Å². The van der Waals surface area contributed by atoms with E-state index in [1.807, 2.05) is 12.1 Å². The minimum absolute atomic E-state index is 0. The number of halogens is 1. The lowest BCUT2D eigenvalue weighted by atomic mass is 9.92. The van der Waals surface area contributed by atoms with Crippen LogP contribution < -0.4 is 5.32 Å². The Bertz CT molecular complexity index is 757. The van der Waals surface area contributed by atoms with Crippen molar-refractivity contribution in [3.8, 4) is 11.5 Å². The van der Waals surface area contributed by atoms with Gasteiger partial charge in [0.2, 0.25) is 0 Å². The van der Waals surface area contributed by atoms with E-state index < -0.39 is 0 Å². The predicted octanol–water partition coefficient (Wildman–Crippen LogP) is 3.93. The fourth-order valence-corrected chi connectivity index (χ4v) is 2.75. The van der Waals surface area contributed by atoms with Gasteiger partial charge in [-0.3, -0.25) is 4.79 Å². The number of rotatable bonds is 6. The first-order chi connectivity index (χ1) is 11.2. The maximum atomic E-state index is 12.4. The molecule has 0 unspecified atom stereocenters. The molecule has 2 aromatic carbocycles. The highest BCUT2D eigenvalue weighted by Gasteiger charge is 2.21. The minimum Gasteiger partial charge on any atom is -0.504 e. The first-order valence-corrected chi connectivity index (χ1v) is 8.05. The van der Waals surface area contributed by atoms with Crippen molar-refractivity contribution in [2.24, 2.45) is 0 Å². The summed E-state index contributed by atoms with van der Waals surface area (Å²) in [6.07, 6.45) is 0.812. The maximum absolute atomic E-state index is 12.4. The third kappa shape index (κ3) is 5.21. The monoisotopic (exact) mass is 363 g/mol. The van der Waals surface area contributed by atoms with Gasteiger partial charge in [-0.05, 0) is 57.4 Å². The Labute approximate surface area is 155 Å². The quantitative estimate of drug-likeness (QED) is 0.537. The molecule has 0 radical (unpaired) electrons. The molecule has 0 fully saturated rings. The second-order valence-corrected chi connectivity index (χ2v) is 6.87. The summed E-state index contributed by atoms with van der Waals surface area (Å²) in [5, 5.41) is 22.5. The van der Waals surface area contributed by atoms with Crippen molar-refractivity contribution in [2.45, 2.75) is 39.7 Å². The van der Waals surface area contributed by atoms with Gasteiger partial charge in [0.1, 0.15) is 0 Å². The van der Waals surface area contributed by atoms with Crippen LogP contribution in [0.15, 0.2) is 36.4 Å². The Morgan fingerprint density at radius 1 is 1.08 bits per heavy atom. The highest BCUT2D eigenvalue weighted by Crippen LogP contribution is 2.30. The van der Waals surface area contributed by atoms with E-state index in [1.54, 1.807) is 13.0 Å². The lowest BCUT2D eigenvalue weighted by molar-refractivity contribution is 0.0979. The topological polar surface area (TPSA) is 69.6 Å². The van der Waals surface area contributed by atoms with Crippen LogP contribution in [-0.2, 0) is 6.42 Å². The van der Waals surface area contributed by atoms with Crippen LogP contribution >= 0.6 is 12.4 Å². The van der Waals surface area contributed by atoms with Crippen LogP contribution in [0.3, 0.4) is 0 Å². The zero-order valence-corrected chi connectivity index (χ0v) is 15.9. The van der Waals surface area contributed by atoms with Crippen molar-refractivity contribution in [3.05, 3.63) is 58.7 Å². The lowest BCUT2D eigenvalue weighted by Crippen LogP contribution is -2.44. The highest BCUT2D eigenvalue weighted by atomic mass is 35.5. The van der Waals surface area contributed by atoms with E-state index in [4.69, 9.17) is 0 Å². The molecule has 3 N–H and O–H groups in total. The Morgan fingerprint density at radius 3 is 2.36 bits per heavy atom. The van der Waals surface area contributed by atoms with Gasteiger partial charge < -0.3 is 15.5 Å². The summed E-state index contributed by atoms with van der Waals surface area (Å²) in [4.78, 5) is 12.4. The molecular weight excluding hydrogens is 338 g/mol. The van der Waals surface area contributed by atoms with E-state index >= 15 is 0 Å². The molecule has 0 heterocycles. The summed E-state index contributed by atoms with van der Waals surface area (Å²) in [7, 11) is 0. The number of carbonyl (C=O) groups excluding carboxylic acids is 1. The largest absolute Gasteiger partial charge is 0.504 e. The van der Waals surface area contributed by atoms with Crippen LogP contribution in [0.4, 0.5) is 0 Å². The van der Waals surface area contributed by atoms with Crippen LogP contribution in [0, 0.1) is 13.8 Å². The molecule has 2 rings (SSSR count). The van der Waals surface area contributed by atoms with Gasteiger partial charge in [0.15, 0.2) is 17.3 Å². The number of nitrogens with one attached hydrogen (secondary N) is 1. The number of carbonyl (C=O) groups is 1. The average molecular weight is 364 g/mol. The summed E-state index contributed by atoms with van der Waals surface area (Å²) >= 11 is 0. The van der Waals surface area contributed by atoms with Gasteiger partial charge in [-0.15, -0.1) is 12.4 Å². The fraction of sp³-hybridized carbons (Fsp3) is 0.350. The second-order valence-electron chi connectivity index (χ2n) is 6.87. The number of aromatic hydroxyl groups is 2. The number of phenolic OH excluding ortho intramolecular Hbond substituents is 2. The predicted molar refractivity (Wildman–Crippen MR) is 103 cm³/mol. The van der Waals surface area contributed by atoms with E-state index in [-0.39, 0.29) is 41.8 Å². The number of phenols is 2. The molecular formula is C20H26ClNO3. The number of Topliss-reactive ketones (excluding diaryl/α,β-unsaturated/α-hetero) is 1. The molecule has 0 aromatic heterocycles. The van der Waals surface area contributed by atoms with E-state index in [0.29, 0.717) is 11.1 Å². The molecule has 4 nitrogen and oxygen atoms in total. The standard InChI is InChI=1S/C20H25NO3.ClH/c1-13-7-5-6-8-15(13)11-20(3,4)21-12-18(23)16-9-10-17(22)19(24)14(16)2;/h5-10,21-22,24H,11-12H2,1-4H3;1H. The molecule has 0 aliphatic rings. The SMILES string of the molecule is Cc1ccccc1CC(C)(C)NCC(=O)c1ccc(O)c(O)c1C.Cl. The van der Waals surface area contributed by atoms with Gasteiger partial charge in [-0.25, -0.2) is 0 Å². The zero-order chi connectivity index (χ0) is 17.9. The summed E-state index contributed by atoms with van der Waals surface area (Å²) in [6.45, 7) is 8.01. The lowest BCUT2D eigenvalue weighted by Gasteiger charge is -2.27. The average Bonchev–Trinajstić information content (AvgIpc) is 2.53. The van der Waals surface area contributed by atoms with Gasteiger partial charge in [0.05, 0.1) is 6.54 Å². The zero-order valence-electron chi connectivity index (χ0n) is 15.1. The molecule has 0 saturated carbocycles. The molecule has 2 aromatic rings. The summed E-state index contributed by atoms with van der Waals surface area (Å²) in [5.74, 6) is -0.558. The van der Waals surface area contributed by atoms with E-state index in [2.05, 4.69) is 38.2 Å². The first kappa shape index (κ1) is 21.0. The number of aryl methyl sites for hydroxylation is 1. The molecule has 136 valence electrons. The van der Waals surface area contributed by atoms with Crippen LogP contribution in [-0.4, -0.2) is 28.1 Å². The maximum Gasteiger partial charge on any atom is 0.177 e. The molecule has 0 atom stereocenters. The Hall–Kier alpha value is -2.04. The van der Waals surface area contributed by atoms with Gasteiger partial charge in [-0.1, -0.05) is 24.3 Å². The van der Waals surface area contributed by atoms with Crippen molar-refractivity contribution in [2.75, 3.05) is 6.54 Å². The summed E-state index contributed by atoms with van der Waals surface area (Å²) in [5.41, 5.74) is 3.07. The van der Waals surface area contributed by atoms with E-state index in [0.717, 1.165) is 6.42 Å². The normalized spacial score (nSPS) is 11.0. The van der Waals surface area contributed by atoms with Gasteiger partial charge in [0.25, 0.3) is 0 Å². The van der Waals surface area contributed by atoms with Crippen LogP contribution in [0.2, 0.25) is 0 Å². The fourth-order valence-electron chi connectivity index (χ4n) is 2.75. The van der Waals surface area contributed by atoms with E-state index in [9.17, 15) is 15.0 Å². The molecule has 0 aliphatic carbocycles.